The molecule has 1 unspecified atom stereocenters. The van der Waals surface area contributed by atoms with Crippen LogP contribution in [-0.2, 0) is 4.79 Å². The third-order valence-electron chi connectivity index (χ3n) is 3.96. The number of carbonyl (C=O) groups is 1. The van der Waals surface area contributed by atoms with Crippen LogP contribution in [0.5, 0.6) is 0 Å². The summed E-state index contributed by atoms with van der Waals surface area (Å²) in [5.74, 6) is 0.212. The largest absolute Gasteiger partial charge is 0.352 e. The van der Waals surface area contributed by atoms with Crippen LogP contribution in [0.4, 0.5) is 0 Å². The van der Waals surface area contributed by atoms with E-state index in [9.17, 15) is 4.79 Å². The minimum absolute atomic E-state index is 0.212. The first-order valence-corrected chi connectivity index (χ1v) is 6.40. The van der Waals surface area contributed by atoms with Crippen LogP contribution in [0.3, 0.4) is 0 Å². The zero-order chi connectivity index (χ0) is 11.5. The number of likely N-dealkylation sites (N-methyl/N-ethyl adjacent to an activating group) is 1. The van der Waals surface area contributed by atoms with Crippen LogP contribution < -0.4 is 11.1 Å². The van der Waals surface area contributed by atoms with Crippen molar-refractivity contribution in [3.8, 4) is 0 Å². The number of nitrogens with zero attached hydrogens (tertiary/aromatic N) is 1. The fourth-order valence-corrected chi connectivity index (χ4v) is 2.85. The van der Waals surface area contributed by atoms with Crippen molar-refractivity contribution in [3.05, 3.63) is 0 Å². The van der Waals surface area contributed by atoms with Crippen LogP contribution in [0.15, 0.2) is 0 Å². The second-order valence-corrected chi connectivity index (χ2v) is 5.31. The predicted molar refractivity (Wildman–Crippen MR) is 64.0 cm³/mol. The van der Waals surface area contributed by atoms with E-state index >= 15 is 0 Å². The molecule has 2 fully saturated rings. The van der Waals surface area contributed by atoms with Gasteiger partial charge in [0.1, 0.15) is 0 Å². The van der Waals surface area contributed by atoms with Crippen molar-refractivity contribution in [2.24, 2.45) is 5.73 Å². The van der Waals surface area contributed by atoms with Crippen LogP contribution in [-0.4, -0.2) is 42.5 Å². The molecule has 0 aromatic heterocycles. The third-order valence-corrected chi connectivity index (χ3v) is 3.96. The molecule has 1 saturated carbocycles. The van der Waals surface area contributed by atoms with Gasteiger partial charge in [0.25, 0.3) is 0 Å². The summed E-state index contributed by atoms with van der Waals surface area (Å²) in [4.78, 5) is 13.5. The summed E-state index contributed by atoms with van der Waals surface area (Å²) in [7, 11) is 2.17. The zero-order valence-electron chi connectivity index (χ0n) is 10.1. The van der Waals surface area contributed by atoms with Gasteiger partial charge in [0.15, 0.2) is 0 Å². The third kappa shape index (κ3) is 2.95. The van der Waals surface area contributed by atoms with Crippen molar-refractivity contribution in [2.45, 2.75) is 56.7 Å². The highest BCUT2D eigenvalue weighted by atomic mass is 16.1. The quantitative estimate of drug-likeness (QED) is 0.734. The molecule has 0 bridgehead atoms. The molecule has 2 rings (SSSR count). The van der Waals surface area contributed by atoms with Gasteiger partial charge in [0.2, 0.25) is 5.91 Å². The molecule has 4 nitrogen and oxygen atoms in total. The molecule has 4 heteroatoms. The van der Waals surface area contributed by atoms with Crippen molar-refractivity contribution in [1.82, 2.24) is 10.2 Å². The maximum Gasteiger partial charge on any atom is 0.220 e. The average Bonchev–Trinajstić information content (AvgIpc) is 2.65. The minimum atomic E-state index is 0.212. The van der Waals surface area contributed by atoms with Crippen LogP contribution in [0.25, 0.3) is 0 Å². The maximum absolute atomic E-state index is 11.1. The monoisotopic (exact) mass is 225 g/mol. The Morgan fingerprint density at radius 1 is 1.31 bits per heavy atom. The first-order valence-electron chi connectivity index (χ1n) is 6.40. The molecule has 1 saturated heterocycles. The highest BCUT2D eigenvalue weighted by Crippen LogP contribution is 2.22. The molecular formula is C12H23N3O. The molecule has 0 aromatic rings. The highest BCUT2D eigenvalue weighted by Gasteiger charge is 2.26. The van der Waals surface area contributed by atoms with E-state index in [1.807, 2.05) is 0 Å². The lowest BCUT2D eigenvalue weighted by molar-refractivity contribution is -0.119. The van der Waals surface area contributed by atoms with E-state index in [4.69, 9.17) is 5.73 Å². The van der Waals surface area contributed by atoms with Gasteiger partial charge in [-0.25, -0.2) is 0 Å². The number of rotatable bonds is 3. The second-order valence-electron chi connectivity index (χ2n) is 5.31. The molecule has 16 heavy (non-hydrogen) atoms. The van der Waals surface area contributed by atoms with E-state index in [1.165, 1.54) is 12.8 Å². The van der Waals surface area contributed by atoms with E-state index in [2.05, 4.69) is 17.3 Å². The predicted octanol–water partition coefficient (Wildman–Crippen LogP) is 0.467. The summed E-state index contributed by atoms with van der Waals surface area (Å²) in [6, 6.07) is 1.45. The molecule has 1 aliphatic heterocycles. The Labute approximate surface area is 97.6 Å². The van der Waals surface area contributed by atoms with Crippen LogP contribution >= 0.6 is 0 Å². The number of carbonyl (C=O) groups excluding carboxylic acids is 1. The van der Waals surface area contributed by atoms with Crippen molar-refractivity contribution >= 4 is 5.91 Å². The SMILES string of the molecule is CN(CC1CCC(=O)N1)C1CCC(N)CC1. The molecule has 3 N–H and O–H groups in total. The molecule has 92 valence electrons. The molecule has 1 atom stereocenters. The van der Waals surface area contributed by atoms with Gasteiger partial charge in [-0.1, -0.05) is 0 Å². The lowest BCUT2D eigenvalue weighted by Crippen LogP contribution is -2.44. The van der Waals surface area contributed by atoms with Gasteiger partial charge in [-0.2, -0.15) is 0 Å². The summed E-state index contributed by atoms with van der Waals surface area (Å²) >= 11 is 0. The normalized spacial score (nSPS) is 35.4. The summed E-state index contributed by atoms with van der Waals surface area (Å²) in [5.41, 5.74) is 5.90. The van der Waals surface area contributed by atoms with E-state index in [1.54, 1.807) is 0 Å². The van der Waals surface area contributed by atoms with Crippen LogP contribution in [0.1, 0.15) is 38.5 Å². The van der Waals surface area contributed by atoms with Gasteiger partial charge in [-0.15, -0.1) is 0 Å². The first-order chi connectivity index (χ1) is 7.65. The van der Waals surface area contributed by atoms with E-state index < -0.39 is 0 Å². The Morgan fingerprint density at radius 3 is 2.56 bits per heavy atom. The molecule has 1 amide bonds. The number of amides is 1. The van der Waals surface area contributed by atoms with Crippen molar-refractivity contribution < 1.29 is 4.79 Å². The molecule has 1 aliphatic carbocycles. The molecule has 2 aliphatic rings. The first kappa shape index (κ1) is 11.9. The fraction of sp³-hybridized carbons (Fsp3) is 0.917. The maximum atomic E-state index is 11.1. The van der Waals surface area contributed by atoms with Crippen molar-refractivity contribution in [3.63, 3.8) is 0 Å². The second kappa shape index (κ2) is 5.15. The van der Waals surface area contributed by atoms with E-state index in [0.29, 0.717) is 24.5 Å². The Hall–Kier alpha value is -0.610. The molecule has 1 heterocycles. The lowest BCUT2D eigenvalue weighted by atomic mass is 9.91. The fourth-order valence-electron chi connectivity index (χ4n) is 2.85. The van der Waals surface area contributed by atoms with E-state index in [-0.39, 0.29) is 5.91 Å². The zero-order valence-corrected chi connectivity index (χ0v) is 10.1. The van der Waals surface area contributed by atoms with Gasteiger partial charge in [-0.05, 0) is 39.2 Å². The standard InChI is InChI=1S/C12H23N3O/c1-15(8-10-4-7-12(16)14-10)11-5-2-9(13)3-6-11/h9-11H,2-8,13H2,1H3,(H,14,16). The van der Waals surface area contributed by atoms with Gasteiger partial charge >= 0.3 is 0 Å². The summed E-state index contributed by atoms with van der Waals surface area (Å²) < 4.78 is 0. The number of nitrogens with two attached hydrogens (primary N) is 1. The van der Waals surface area contributed by atoms with Gasteiger partial charge in [0.05, 0.1) is 0 Å². The summed E-state index contributed by atoms with van der Waals surface area (Å²) in [6.45, 7) is 0.992. The van der Waals surface area contributed by atoms with Crippen LogP contribution in [0, 0.1) is 0 Å². The Balaban J connectivity index is 1.75. The van der Waals surface area contributed by atoms with Gasteiger partial charge in [-0.3, -0.25) is 4.79 Å². The molecule has 0 radical (unpaired) electrons. The molecular weight excluding hydrogens is 202 g/mol. The van der Waals surface area contributed by atoms with Crippen LogP contribution in [0.2, 0.25) is 0 Å². The lowest BCUT2D eigenvalue weighted by Gasteiger charge is -2.34. The minimum Gasteiger partial charge on any atom is -0.352 e. The molecule has 0 aromatic carbocycles. The number of nitrogens with one attached hydrogen (secondary N) is 1. The molecule has 0 spiro atoms. The Kier molecular flexibility index (Phi) is 3.82. The smallest absolute Gasteiger partial charge is 0.220 e. The highest BCUT2D eigenvalue weighted by molar-refractivity contribution is 5.78. The van der Waals surface area contributed by atoms with Crippen molar-refractivity contribution in [2.75, 3.05) is 13.6 Å². The van der Waals surface area contributed by atoms with Gasteiger partial charge < -0.3 is 16.0 Å². The Morgan fingerprint density at radius 2 is 2.00 bits per heavy atom. The Bertz CT molecular complexity index is 249. The number of hydrogen-bond donors (Lipinski definition) is 2. The summed E-state index contributed by atoms with van der Waals surface area (Å²) in [6.07, 6.45) is 6.40. The van der Waals surface area contributed by atoms with Crippen molar-refractivity contribution in [1.29, 1.82) is 0 Å². The average molecular weight is 225 g/mol. The summed E-state index contributed by atoms with van der Waals surface area (Å²) in [5, 5.41) is 3.03. The van der Waals surface area contributed by atoms with Gasteiger partial charge in [0, 0.05) is 31.1 Å². The topological polar surface area (TPSA) is 58.4 Å². The number of hydrogen-bond acceptors (Lipinski definition) is 3. The van der Waals surface area contributed by atoms with E-state index in [0.717, 1.165) is 25.8 Å².